The Morgan fingerprint density at radius 1 is 1.11 bits per heavy atom. The maximum absolute atomic E-state index is 12.4. The van der Waals surface area contributed by atoms with Crippen molar-refractivity contribution in [3.63, 3.8) is 0 Å². The molecule has 4 nitrogen and oxygen atoms in total. The molecule has 0 radical (unpaired) electrons. The second-order valence-corrected chi connectivity index (χ2v) is 7.74. The van der Waals surface area contributed by atoms with Gasteiger partial charge in [-0.3, -0.25) is 4.79 Å². The normalized spacial score (nSPS) is 11.0. The number of rotatable bonds is 9. The Bertz CT molecular complexity index is 903. The van der Waals surface area contributed by atoms with Crippen molar-refractivity contribution < 1.29 is 4.79 Å². The molecule has 2 aromatic carbocycles. The molecule has 0 saturated carbocycles. The van der Waals surface area contributed by atoms with Crippen LogP contribution in [0.5, 0.6) is 0 Å². The number of aryl methyl sites for hydroxylation is 2. The predicted molar refractivity (Wildman–Crippen MR) is 114 cm³/mol. The number of nitrogens with zero attached hydrogens (tertiary/aromatic N) is 2. The van der Waals surface area contributed by atoms with Crippen molar-refractivity contribution in [1.82, 2.24) is 9.55 Å². The predicted octanol–water partition coefficient (Wildman–Crippen LogP) is 5.66. The van der Waals surface area contributed by atoms with Crippen LogP contribution in [0.4, 0.5) is 5.69 Å². The molecule has 0 aliphatic heterocycles. The molecule has 142 valence electrons. The smallest absolute Gasteiger partial charge is 0.234 e. The fourth-order valence-electron chi connectivity index (χ4n) is 3.13. The molecule has 0 saturated heterocycles. The number of anilines is 1. The fraction of sp³-hybridized carbons (Fsp3) is 0.364. The van der Waals surface area contributed by atoms with Crippen LogP contribution in [-0.4, -0.2) is 21.2 Å². The van der Waals surface area contributed by atoms with Crippen LogP contribution in [0.1, 0.15) is 38.2 Å². The van der Waals surface area contributed by atoms with Gasteiger partial charge in [-0.1, -0.05) is 62.2 Å². The van der Waals surface area contributed by atoms with E-state index in [4.69, 9.17) is 4.98 Å². The van der Waals surface area contributed by atoms with Crippen LogP contribution in [0.25, 0.3) is 11.0 Å². The van der Waals surface area contributed by atoms with Crippen molar-refractivity contribution in [3.05, 3.63) is 54.1 Å². The number of carbonyl (C=O) groups is 1. The summed E-state index contributed by atoms with van der Waals surface area (Å²) in [6.07, 6.45) is 4.84. The highest BCUT2D eigenvalue weighted by molar-refractivity contribution is 7.99. The third-order valence-corrected chi connectivity index (χ3v) is 5.47. The number of fused-ring (bicyclic) bond motifs is 1. The van der Waals surface area contributed by atoms with Gasteiger partial charge in [-0.15, -0.1) is 0 Å². The molecule has 0 aliphatic rings. The number of aromatic nitrogens is 2. The van der Waals surface area contributed by atoms with Crippen molar-refractivity contribution in [3.8, 4) is 0 Å². The van der Waals surface area contributed by atoms with Gasteiger partial charge in [0.1, 0.15) is 0 Å². The van der Waals surface area contributed by atoms with Gasteiger partial charge in [0.05, 0.1) is 16.8 Å². The Hall–Kier alpha value is -2.27. The van der Waals surface area contributed by atoms with Crippen molar-refractivity contribution in [2.45, 2.75) is 51.2 Å². The lowest BCUT2D eigenvalue weighted by Crippen LogP contribution is -2.14. The molecule has 0 fully saturated rings. The van der Waals surface area contributed by atoms with E-state index in [-0.39, 0.29) is 5.91 Å². The quantitative estimate of drug-likeness (QED) is 0.384. The van der Waals surface area contributed by atoms with E-state index in [9.17, 15) is 4.79 Å². The Morgan fingerprint density at radius 3 is 2.78 bits per heavy atom. The number of hydrogen-bond acceptors (Lipinski definition) is 3. The molecule has 1 aromatic heterocycles. The molecule has 1 heterocycles. The summed E-state index contributed by atoms with van der Waals surface area (Å²) in [5.74, 6) is 0.349. The zero-order valence-corrected chi connectivity index (χ0v) is 16.9. The highest BCUT2D eigenvalue weighted by Gasteiger charge is 2.13. The van der Waals surface area contributed by atoms with Gasteiger partial charge in [0.15, 0.2) is 5.16 Å². The second-order valence-electron chi connectivity index (χ2n) is 6.80. The number of amides is 1. The average Bonchev–Trinajstić information content (AvgIpc) is 3.01. The number of thioether (sulfide) groups is 1. The minimum atomic E-state index is -0.00445. The minimum absolute atomic E-state index is 0.00445. The maximum atomic E-state index is 12.4. The Labute approximate surface area is 165 Å². The zero-order chi connectivity index (χ0) is 19.1. The first-order valence-electron chi connectivity index (χ1n) is 9.62. The van der Waals surface area contributed by atoms with Crippen molar-refractivity contribution >= 4 is 34.4 Å². The Balaban J connectivity index is 1.67. The van der Waals surface area contributed by atoms with Gasteiger partial charge >= 0.3 is 0 Å². The van der Waals surface area contributed by atoms with Crippen molar-refractivity contribution in [2.24, 2.45) is 0 Å². The Kier molecular flexibility index (Phi) is 6.93. The first-order valence-corrected chi connectivity index (χ1v) is 10.6. The molecule has 0 aliphatic carbocycles. The lowest BCUT2D eigenvalue weighted by molar-refractivity contribution is -0.113. The molecule has 5 heteroatoms. The molecule has 0 bridgehead atoms. The summed E-state index contributed by atoms with van der Waals surface area (Å²) in [5.41, 5.74) is 4.12. The van der Waals surface area contributed by atoms with Crippen LogP contribution in [0.2, 0.25) is 0 Å². The summed E-state index contributed by atoms with van der Waals surface area (Å²) in [6, 6.07) is 16.1. The van der Waals surface area contributed by atoms with Gasteiger partial charge in [-0.2, -0.15) is 0 Å². The SMILES string of the molecule is CCCCCCn1c(SCC(=O)Nc2cccc(C)c2)nc2ccccc21. The molecule has 0 unspecified atom stereocenters. The number of hydrogen-bond donors (Lipinski definition) is 1. The van der Waals surface area contributed by atoms with Gasteiger partial charge < -0.3 is 9.88 Å². The fourth-order valence-corrected chi connectivity index (χ4v) is 3.97. The van der Waals surface area contributed by atoms with Crippen molar-refractivity contribution in [1.29, 1.82) is 0 Å². The molecule has 3 aromatic rings. The third-order valence-electron chi connectivity index (χ3n) is 4.49. The highest BCUT2D eigenvalue weighted by Crippen LogP contribution is 2.25. The molecule has 1 N–H and O–H groups in total. The largest absolute Gasteiger partial charge is 0.325 e. The molecule has 1 amide bonds. The van der Waals surface area contributed by atoms with Crippen LogP contribution in [0.3, 0.4) is 0 Å². The summed E-state index contributed by atoms with van der Waals surface area (Å²) in [6.45, 7) is 5.19. The maximum Gasteiger partial charge on any atom is 0.234 e. The van der Waals surface area contributed by atoms with E-state index in [1.807, 2.05) is 49.4 Å². The summed E-state index contributed by atoms with van der Waals surface area (Å²) in [7, 11) is 0. The van der Waals surface area contributed by atoms with E-state index < -0.39 is 0 Å². The van der Waals surface area contributed by atoms with Crippen LogP contribution in [0, 0.1) is 6.92 Å². The number of para-hydroxylation sites is 2. The molecule has 27 heavy (non-hydrogen) atoms. The van der Waals surface area contributed by atoms with Crippen LogP contribution >= 0.6 is 11.8 Å². The van der Waals surface area contributed by atoms with Gasteiger partial charge in [-0.25, -0.2) is 4.98 Å². The first kappa shape index (κ1) is 19.5. The summed E-state index contributed by atoms with van der Waals surface area (Å²) >= 11 is 1.51. The van der Waals surface area contributed by atoms with Gasteiger partial charge in [0, 0.05) is 12.2 Å². The van der Waals surface area contributed by atoms with Crippen LogP contribution in [0.15, 0.2) is 53.7 Å². The topological polar surface area (TPSA) is 46.9 Å². The molecule has 0 atom stereocenters. The monoisotopic (exact) mass is 381 g/mol. The second kappa shape index (κ2) is 9.60. The van der Waals surface area contributed by atoms with Gasteiger partial charge in [0.2, 0.25) is 5.91 Å². The third kappa shape index (κ3) is 5.36. The summed E-state index contributed by atoms with van der Waals surface area (Å²) in [4.78, 5) is 17.1. The van der Waals surface area contributed by atoms with Crippen LogP contribution < -0.4 is 5.32 Å². The highest BCUT2D eigenvalue weighted by atomic mass is 32.2. The summed E-state index contributed by atoms with van der Waals surface area (Å²) in [5, 5.41) is 3.89. The van der Waals surface area contributed by atoms with E-state index in [0.29, 0.717) is 5.75 Å². The minimum Gasteiger partial charge on any atom is -0.325 e. The average molecular weight is 382 g/mol. The number of unbranched alkanes of at least 4 members (excludes halogenated alkanes) is 3. The molecular weight excluding hydrogens is 354 g/mol. The lowest BCUT2D eigenvalue weighted by atomic mass is 10.2. The molecule has 0 spiro atoms. The zero-order valence-electron chi connectivity index (χ0n) is 16.1. The lowest BCUT2D eigenvalue weighted by Gasteiger charge is -2.09. The first-order chi connectivity index (χ1) is 13.2. The van der Waals surface area contributed by atoms with Gasteiger partial charge in [-0.05, 0) is 43.2 Å². The van der Waals surface area contributed by atoms with E-state index >= 15 is 0 Å². The van der Waals surface area contributed by atoms with Gasteiger partial charge in [0.25, 0.3) is 0 Å². The standard InChI is InChI=1S/C22H27N3OS/c1-3-4-5-8-14-25-20-13-7-6-12-19(20)24-22(25)27-16-21(26)23-18-11-9-10-17(2)15-18/h6-7,9-13,15H,3-5,8,14,16H2,1-2H3,(H,23,26). The van der Waals surface area contributed by atoms with Crippen LogP contribution in [-0.2, 0) is 11.3 Å². The number of imidazole rings is 1. The summed E-state index contributed by atoms with van der Waals surface area (Å²) < 4.78 is 2.26. The van der Waals surface area contributed by atoms with E-state index in [1.165, 1.54) is 31.0 Å². The van der Waals surface area contributed by atoms with Crippen molar-refractivity contribution in [2.75, 3.05) is 11.1 Å². The Morgan fingerprint density at radius 2 is 1.96 bits per heavy atom. The molecular formula is C22H27N3OS. The number of benzene rings is 2. The van der Waals surface area contributed by atoms with E-state index in [0.717, 1.165) is 40.4 Å². The molecule has 3 rings (SSSR count). The number of nitrogens with one attached hydrogen (secondary N) is 1. The van der Waals surface area contributed by atoms with E-state index in [1.54, 1.807) is 0 Å². The number of carbonyl (C=O) groups excluding carboxylic acids is 1. The van der Waals surface area contributed by atoms with E-state index in [2.05, 4.69) is 22.9 Å².